The number of benzene rings is 2. The second kappa shape index (κ2) is 8.99. The first-order valence-electron chi connectivity index (χ1n) is 9.65. The maximum atomic E-state index is 13.4. The fourth-order valence-corrected chi connectivity index (χ4v) is 3.89. The lowest BCUT2D eigenvalue weighted by molar-refractivity contribution is -0.133. The van der Waals surface area contributed by atoms with Crippen molar-refractivity contribution in [1.82, 2.24) is 10.2 Å². The summed E-state index contributed by atoms with van der Waals surface area (Å²) in [7, 11) is 0. The summed E-state index contributed by atoms with van der Waals surface area (Å²) in [6.45, 7) is 4.71. The highest BCUT2D eigenvalue weighted by atomic mass is 19.1. The van der Waals surface area contributed by atoms with E-state index in [4.69, 9.17) is 0 Å². The molecule has 1 heterocycles. The Morgan fingerprint density at radius 2 is 1.69 bits per heavy atom. The maximum absolute atomic E-state index is 13.4. The quantitative estimate of drug-likeness (QED) is 0.759. The van der Waals surface area contributed by atoms with Crippen LogP contribution in [-0.4, -0.2) is 36.3 Å². The summed E-state index contributed by atoms with van der Waals surface area (Å²) in [4.78, 5) is 26.8. The number of nitrogens with one attached hydrogen (secondary N) is 1. The predicted molar refractivity (Wildman–Crippen MR) is 107 cm³/mol. The lowest BCUT2D eigenvalue weighted by Crippen LogP contribution is -2.52. The zero-order valence-corrected chi connectivity index (χ0v) is 16.2. The van der Waals surface area contributed by atoms with Crippen molar-refractivity contribution in [3.8, 4) is 0 Å². The first-order valence-corrected chi connectivity index (χ1v) is 9.65. The Kier molecular flexibility index (Phi) is 6.42. The van der Waals surface area contributed by atoms with Crippen LogP contribution in [0.15, 0.2) is 61.2 Å². The summed E-state index contributed by atoms with van der Waals surface area (Å²) in [6.07, 6.45) is 2.61. The molecule has 6 heteroatoms. The van der Waals surface area contributed by atoms with E-state index >= 15 is 0 Å². The lowest BCUT2D eigenvalue weighted by Gasteiger charge is -2.40. The van der Waals surface area contributed by atoms with Crippen LogP contribution < -0.4 is 5.32 Å². The number of carbonyl (C=O) groups excluding carboxylic acids is 2. The highest BCUT2D eigenvalue weighted by Crippen LogP contribution is 2.36. The number of rotatable bonds is 6. The van der Waals surface area contributed by atoms with Crippen LogP contribution in [0.3, 0.4) is 0 Å². The number of piperidine rings is 1. The largest absolute Gasteiger partial charge is 0.355 e. The van der Waals surface area contributed by atoms with Crippen molar-refractivity contribution in [2.45, 2.75) is 24.7 Å². The molecule has 0 bridgehead atoms. The minimum absolute atomic E-state index is 0.133. The number of amides is 2. The number of hydrogen-bond donors (Lipinski definition) is 1. The van der Waals surface area contributed by atoms with Gasteiger partial charge in [-0.1, -0.05) is 36.9 Å². The van der Waals surface area contributed by atoms with Gasteiger partial charge in [0.2, 0.25) is 11.8 Å². The van der Waals surface area contributed by atoms with Gasteiger partial charge in [0.1, 0.15) is 11.6 Å². The monoisotopic (exact) mass is 398 g/mol. The molecule has 1 aliphatic rings. The van der Waals surface area contributed by atoms with E-state index in [1.807, 2.05) is 30.3 Å². The molecule has 2 aromatic carbocycles. The van der Waals surface area contributed by atoms with Gasteiger partial charge >= 0.3 is 0 Å². The van der Waals surface area contributed by atoms with Crippen molar-refractivity contribution < 1.29 is 18.4 Å². The predicted octanol–water partition coefficient (Wildman–Crippen LogP) is 3.37. The van der Waals surface area contributed by atoms with Crippen LogP contribution in [0.1, 0.15) is 24.0 Å². The van der Waals surface area contributed by atoms with E-state index in [-0.39, 0.29) is 18.4 Å². The highest BCUT2D eigenvalue weighted by Gasteiger charge is 2.43. The summed E-state index contributed by atoms with van der Waals surface area (Å²) in [5.74, 6) is -1.54. The second-order valence-corrected chi connectivity index (χ2v) is 7.26. The first-order chi connectivity index (χ1) is 13.9. The molecule has 29 heavy (non-hydrogen) atoms. The number of carbonyl (C=O) groups is 2. The molecule has 0 radical (unpaired) electrons. The van der Waals surface area contributed by atoms with Gasteiger partial charge in [-0.05, 0) is 48.6 Å². The molecule has 1 saturated heterocycles. The molecule has 152 valence electrons. The molecule has 0 unspecified atom stereocenters. The van der Waals surface area contributed by atoms with Gasteiger partial charge in [-0.3, -0.25) is 9.59 Å². The molecule has 0 aromatic heterocycles. The fourth-order valence-electron chi connectivity index (χ4n) is 3.89. The summed E-state index contributed by atoms with van der Waals surface area (Å²) in [6, 6.07) is 12.9. The molecule has 2 amide bonds. The van der Waals surface area contributed by atoms with Crippen LogP contribution in [0, 0.1) is 11.6 Å². The van der Waals surface area contributed by atoms with Gasteiger partial charge in [-0.15, -0.1) is 0 Å². The van der Waals surface area contributed by atoms with E-state index < -0.39 is 17.0 Å². The van der Waals surface area contributed by atoms with E-state index in [1.165, 1.54) is 18.2 Å². The molecule has 3 rings (SSSR count). The minimum Gasteiger partial charge on any atom is -0.355 e. The molecule has 1 aliphatic heterocycles. The van der Waals surface area contributed by atoms with Gasteiger partial charge in [0.15, 0.2) is 0 Å². The summed E-state index contributed by atoms with van der Waals surface area (Å²) in [5, 5.41) is 2.93. The van der Waals surface area contributed by atoms with Crippen LogP contribution in [-0.2, 0) is 21.4 Å². The Balaban J connectivity index is 1.72. The molecule has 2 aromatic rings. The van der Waals surface area contributed by atoms with Crippen LogP contribution in [0.4, 0.5) is 8.78 Å². The van der Waals surface area contributed by atoms with Crippen molar-refractivity contribution in [2.24, 2.45) is 0 Å². The van der Waals surface area contributed by atoms with Crippen molar-refractivity contribution >= 4 is 11.8 Å². The van der Waals surface area contributed by atoms with E-state index in [0.717, 1.165) is 11.6 Å². The van der Waals surface area contributed by atoms with Crippen molar-refractivity contribution in [1.29, 1.82) is 0 Å². The summed E-state index contributed by atoms with van der Waals surface area (Å²) in [5.41, 5.74) is 0.648. The Morgan fingerprint density at radius 3 is 2.28 bits per heavy atom. The SMILES string of the molecule is C=CC(=O)N1CCC(C(=O)NCCc2cc(F)cc(F)c2)(c2ccccc2)CC1. The first kappa shape index (κ1) is 20.7. The minimum atomic E-state index is -0.744. The Hall–Kier alpha value is -3.02. The lowest BCUT2D eigenvalue weighted by atomic mass is 9.72. The van der Waals surface area contributed by atoms with Crippen LogP contribution in [0.2, 0.25) is 0 Å². The molecule has 0 atom stereocenters. The molecule has 1 N–H and O–H groups in total. The van der Waals surface area contributed by atoms with E-state index in [2.05, 4.69) is 11.9 Å². The normalized spacial score (nSPS) is 15.6. The fraction of sp³-hybridized carbons (Fsp3) is 0.304. The van der Waals surface area contributed by atoms with Gasteiger partial charge in [-0.25, -0.2) is 8.78 Å². The number of hydrogen-bond acceptors (Lipinski definition) is 2. The Labute approximate surface area is 169 Å². The van der Waals surface area contributed by atoms with Gasteiger partial charge in [0.05, 0.1) is 5.41 Å². The van der Waals surface area contributed by atoms with Gasteiger partial charge < -0.3 is 10.2 Å². The molecule has 0 aliphatic carbocycles. The van der Waals surface area contributed by atoms with Gasteiger partial charge in [0.25, 0.3) is 0 Å². The highest BCUT2D eigenvalue weighted by molar-refractivity contribution is 5.90. The number of likely N-dealkylation sites (tertiary alicyclic amines) is 1. The maximum Gasteiger partial charge on any atom is 0.245 e. The molecular weight excluding hydrogens is 374 g/mol. The molecule has 0 saturated carbocycles. The van der Waals surface area contributed by atoms with E-state index in [1.54, 1.807) is 4.90 Å². The molecule has 0 spiro atoms. The zero-order chi connectivity index (χ0) is 20.9. The smallest absolute Gasteiger partial charge is 0.245 e. The van der Waals surface area contributed by atoms with E-state index in [0.29, 0.717) is 37.9 Å². The third kappa shape index (κ3) is 4.70. The van der Waals surface area contributed by atoms with Crippen molar-refractivity contribution in [2.75, 3.05) is 19.6 Å². The second-order valence-electron chi connectivity index (χ2n) is 7.26. The third-order valence-corrected chi connectivity index (χ3v) is 5.49. The number of halogens is 2. The molecule has 4 nitrogen and oxygen atoms in total. The zero-order valence-electron chi connectivity index (χ0n) is 16.2. The van der Waals surface area contributed by atoms with E-state index in [9.17, 15) is 18.4 Å². The standard InChI is InChI=1S/C23H24F2N2O2/c1-2-21(28)27-12-9-23(10-13-27,18-6-4-3-5-7-18)22(29)26-11-8-17-14-19(24)16-20(25)15-17/h2-7,14-16H,1,8-13H2,(H,26,29). The van der Waals surface area contributed by atoms with Crippen molar-refractivity contribution in [3.63, 3.8) is 0 Å². The Bertz CT molecular complexity index is 871. The van der Waals surface area contributed by atoms with Gasteiger partial charge in [0, 0.05) is 25.7 Å². The average Bonchev–Trinajstić information content (AvgIpc) is 2.73. The third-order valence-electron chi connectivity index (χ3n) is 5.49. The van der Waals surface area contributed by atoms with Gasteiger partial charge in [-0.2, -0.15) is 0 Å². The topological polar surface area (TPSA) is 49.4 Å². The number of nitrogens with zero attached hydrogens (tertiary/aromatic N) is 1. The average molecular weight is 398 g/mol. The van der Waals surface area contributed by atoms with Crippen LogP contribution in [0.5, 0.6) is 0 Å². The molecule has 1 fully saturated rings. The summed E-state index contributed by atoms with van der Waals surface area (Å²) >= 11 is 0. The summed E-state index contributed by atoms with van der Waals surface area (Å²) < 4.78 is 26.7. The van der Waals surface area contributed by atoms with Crippen LogP contribution >= 0.6 is 0 Å². The molecular formula is C23H24F2N2O2. The van der Waals surface area contributed by atoms with Crippen molar-refractivity contribution in [3.05, 3.63) is 83.9 Å². The Morgan fingerprint density at radius 1 is 1.07 bits per heavy atom. The van der Waals surface area contributed by atoms with Crippen LogP contribution in [0.25, 0.3) is 0 Å².